The van der Waals surface area contributed by atoms with Crippen LogP contribution in [0.1, 0.15) is 12.8 Å². The van der Waals surface area contributed by atoms with Crippen molar-refractivity contribution in [2.75, 3.05) is 24.7 Å². The fraction of sp³-hybridized carbons (Fsp3) is 0.500. The van der Waals surface area contributed by atoms with Crippen molar-refractivity contribution in [2.45, 2.75) is 18.4 Å². The van der Waals surface area contributed by atoms with Gasteiger partial charge in [-0.15, -0.1) is 0 Å². The molecule has 19 heavy (non-hydrogen) atoms. The van der Waals surface area contributed by atoms with E-state index in [9.17, 15) is 4.79 Å². The number of nitrogens with zero attached hydrogens (tertiary/aromatic N) is 2. The first-order chi connectivity index (χ1) is 9.12. The van der Waals surface area contributed by atoms with Gasteiger partial charge in [0.25, 0.3) is 0 Å². The Balaban J connectivity index is 1.79. The Hall–Kier alpha value is -0.850. The fourth-order valence-corrected chi connectivity index (χ4v) is 3.74. The summed E-state index contributed by atoms with van der Waals surface area (Å²) in [7, 11) is 0. The van der Waals surface area contributed by atoms with Crippen LogP contribution in [-0.4, -0.2) is 36.2 Å². The van der Waals surface area contributed by atoms with Crippen molar-refractivity contribution in [1.29, 1.82) is 0 Å². The van der Waals surface area contributed by atoms with Crippen molar-refractivity contribution in [1.82, 2.24) is 15.6 Å². The van der Waals surface area contributed by atoms with Crippen LogP contribution in [0.15, 0.2) is 16.9 Å². The van der Waals surface area contributed by atoms with Gasteiger partial charge in [-0.1, -0.05) is 11.6 Å². The average Bonchev–Trinajstić information content (AvgIpc) is 2.73. The molecule has 0 unspecified atom stereocenters. The number of halogens is 2. The summed E-state index contributed by atoms with van der Waals surface area (Å²) < 4.78 is 0.889. The Morgan fingerprint density at radius 1 is 1.37 bits per heavy atom. The van der Waals surface area contributed by atoms with Crippen molar-refractivity contribution in [3.63, 3.8) is 0 Å². The molecule has 2 aliphatic rings. The smallest absolute Gasteiger partial charge is 0.241 e. The van der Waals surface area contributed by atoms with Crippen LogP contribution in [0.5, 0.6) is 0 Å². The highest BCUT2D eigenvalue weighted by molar-refractivity contribution is 9.10. The number of aromatic nitrogens is 1. The minimum absolute atomic E-state index is 0.118. The number of carbonyl (C=O) groups is 1. The molecule has 2 aliphatic heterocycles. The van der Waals surface area contributed by atoms with E-state index in [-0.39, 0.29) is 11.4 Å². The van der Waals surface area contributed by atoms with Gasteiger partial charge in [-0.3, -0.25) is 15.1 Å². The van der Waals surface area contributed by atoms with Gasteiger partial charge in [-0.05, 0) is 28.8 Å². The average molecular weight is 346 g/mol. The van der Waals surface area contributed by atoms with Crippen molar-refractivity contribution < 1.29 is 4.79 Å². The topological polar surface area (TPSA) is 57.3 Å². The highest BCUT2D eigenvalue weighted by Crippen LogP contribution is 2.36. The monoisotopic (exact) mass is 344 g/mol. The van der Waals surface area contributed by atoms with E-state index in [0.717, 1.165) is 36.1 Å². The van der Waals surface area contributed by atoms with Gasteiger partial charge >= 0.3 is 0 Å². The predicted molar refractivity (Wildman–Crippen MR) is 77.3 cm³/mol. The molecule has 2 saturated heterocycles. The maximum absolute atomic E-state index is 11.9. The SMILES string of the molecule is O=C1NCNC12CCN(c1c(Cl)cncc1Br)CC2. The lowest BCUT2D eigenvalue weighted by atomic mass is 9.87. The molecule has 1 spiro atoms. The molecule has 0 radical (unpaired) electrons. The van der Waals surface area contributed by atoms with Crippen LogP contribution in [0.4, 0.5) is 5.69 Å². The van der Waals surface area contributed by atoms with Gasteiger partial charge in [0.05, 0.1) is 21.9 Å². The van der Waals surface area contributed by atoms with Crippen molar-refractivity contribution >= 4 is 39.1 Å². The van der Waals surface area contributed by atoms with E-state index in [1.54, 1.807) is 12.4 Å². The van der Waals surface area contributed by atoms with Gasteiger partial charge in [-0.25, -0.2) is 0 Å². The fourth-order valence-electron chi connectivity index (χ4n) is 2.77. The number of anilines is 1. The second-order valence-electron chi connectivity index (χ2n) is 4.88. The summed E-state index contributed by atoms with van der Waals surface area (Å²) in [6.07, 6.45) is 4.95. The number of amides is 1. The number of nitrogens with one attached hydrogen (secondary N) is 2. The third-order valence-electron chi connectivity index (χ3n) is 3.87. The Kier molecular flexibility index (Phi) is 3.41. The second kappa shape index (κ2) is 4.92. The number of carbonyl (C=O) groups excluding carboxylic acids is 1. The predicted octanol–water partition coefficient (Wildman–Crippen LogP) is 1.51. The quantitative estimate of drug-likeness (QED) is 0.810. The van der Waals surface area contributed by atoms with Crippen LogP contribution in [0.2, 0.25) is 5.02 Å². The first-order valence-electron chi connectivity index (χ1n) is 6.20. The maximum Gasteiger partial charge on any atom is 0.241 e. The molecule has 2 fully saturated rings. The van der Waals surface area contributed by atoms with Crippen molar-refractivity contribution in [2.24, 2.45) is 0 Å². The van der Waals surface area contributed by atoms with E-state index in [1.807, 2.05) is 0 Å². The Bertz CT molecular complexity index is 496. The van der Waals surface area contributed by atoms with Crippen LogP contribution >= 0.6 is 27.5 Å². The number of pyridine rings is 1. The minimum atomic E-state index is -0.386. The molecule has 1 aromatic heterocycles. The summed E-state index contributed by atoms with van der Waals surface area (Å²) in [6, 6.07) is 0. The molecule has 0 aromatic carbocycles. The van der Waals surface area contributed by atoms with Gasteiger partial charge in [0.1, 0.15) is 5.54 Å². The molecule has 102 valence electrons. The van der Waals surface area contributed by atoms with Crippen LogP contribution in [-0.2, 0) is 4.79 Å². The Morgan fingerprint density at radius 3 is 2.68 bits per heavy atom. The van der Waals surface area contributed by atoms with Crippen LogP contribution in [0.25, 0.3) is 0 Å². The summed E-state index contributed by atoms with van der Waals surface area (Å²) in [4.78, 5) is 18.1. The summed E-state index contributed by atoms with van der Waals surface area (Å²) in [6.45, 7) is 2.16. The molecule has 0 atom stereocenters. The molecule has 0 bridgehead atoms. The first kappa shape index (κ1) is 13.1. The summed E-state index contributed by atoms with van der Waals surface area (Å²) in [5.41, 5.74) is 0.576. The maximum atomic E-state index is 11.9. The molecule has 7 heteroatoms. The highest BCUT2D eigenvalue weighted by Gasteiger charge is 2.44. The van der Waals surface area contributed by atoms with Crippen molar-refractivity contribution in [3.8, 4) is 0 Å². The third-order valence-corrected chi connectivity index (χ3v) is 4.73. The molecular formula is C12H14BrClN4O. The lowest BCUT2D eigenvalue weighted by molar-refractivity contribution is -0.124. The summed E-state index contributed by atoms with van der Waals surface area (Å²) in [5, 5.41) is 6.76. The van der Waals surface area contributed by atoms with E-state index in [0.29, 0.717) is 11.7 Å². The lowest BCUT2D eigenvalue weighted by Gasteiger charge is -2.39. The summed E-state index contributed by atoms with van der Waals surface area (Å²) in [5.74, 6) is 0.118. The standard InChI is InChI=1S/C12H14BrClN4O/c13-8-5-15-6-9(14)10(8)18-3-1-12(2-4-18)11(19)16-7-17-12/h5-6,17H,1-4,7H2,(H,16,19). The minimum Gasteiger partial charge on any atom is -0.369 e. The van der Waals surface area contributed by atoms with Gasteiger partial charge in [0.2, 0.25) is 5.91 Å². The first-order valence-corrected chi connectivity index (χ1v) is 7.37. The molecule has 3 rings (SSSR count). The van der Waals surface area contributed by atoms with Gasteiger partial charge < -0.3 is 10.2 Å². The molecule has 1 amide bonds. The Morgan fingerprint density at radius 2 is 2.11 bits per heavy atom. The zero-order valence-electron chi connectivity index (χ0n) is 10.2. The van der Waals surface area contributed by atoms with Crippen LogP contribution in [0, 0.1) is 0 Å². The molecule has 0 saturated carbocycles. The molecule has 5 nitrogen and oxygen atoms in total. The summed E-state index contributed by atoms with van der Waals surface area (Å²) >= 11 is 9.70. The molecule has 0 aliphatic carbocycles. The van der Waals surface area contributed by atoms with E-state index in [4.69, 9.17) is 11.6 Å². The van der Waals surface area contributed by atoms with Gasteiger partial charge in [0.15, 0.2) is 0 Å². The zero-order chi connectivity index (χ0) is 13.5. The van der Waals surface area contributed by atoms with Crippen LogP contribution in [0.3, 0.4) is 0 Å². The van der Waals surface area contributed by atoms with Gasteiger partial charge in [0, 0.05) is 25.5 Å². The largest absolute Gasteiger partial charge is 0.369 e. The molecule has 1 aromatic rings. The van der Waals surface area contributed by atoms with E-state index < -0.39 is 0 Å². The molecule has 3 heterocycles. The van der Waals surface area contributed by atoms with E-state index in [2.05, 4.69) is 36.4 Å². The second-order valence-corrected chi connectivity index (χ2v) is 6.14. The van der Waals surface area contributed by atoms with E-state index >= 15 is 0 Å². The number of rotatable bonds is 1. The Labute approximate surface area is 124 Å². The van der Waals surface area contributed by atoms with Gasteiger partial charge in [-0.2, -0.15) is 0 Å². The molecular weight excluding hydrogens is 332 g/mol. The zero-order valence-corrected chi connectivity index (χ0v) is 12.6. The van der Waals surface area contributed by atoms with E-state index in [1.165, 1.54) is 0 Å². The lowest BCUT2D eigenvalue weighted by Crippen LogP contribution is -2.54. The number of hydrogen-bond donors (Lipinski definition) is 2. The third kappa shape index (κ3) is 2.22. The molecule has 2 N–H and O–H groups in total. The normalized spacial score (nSPS) is 21.8. The van der Waals surface area contributed by atoms with Crippen molar-refractivity contribution in [3.05, 3.63) is 21.9 Å². The number of piperidine rings is 1. The van der Waals surface area contributed by atoms with Crippen LogP contribution < -0.4 is 15.5 Å². The highest BCUT2D eigenvalue weighted by atomic mass is 79.9. The number of hydrogen-bond acceptors (Lipinski definition) is 4.